The largest absolute Gasteiger partial charge is 0.466 e. The molecule has 2 aliphatic rings. The van der Waals surface area contributed by atoms with E-state index >= 15 is 0 Å². The number of ether oxygens (including phenoxy) is 1. The molecule has 2 fully saturated rings. The average Bonchev–Trinajstić information content (AvgIpc) is 3.36. The molecule has 6 heteroatoms. The number of carbonyl (C=O) groups is 2. The zero-order valence-electron chi connectivity index (χ0n) is 16.3. The van der Waals surface area contributed by atoms with Crippen LogP contribution in [0.15, 0.2) is 42.7 Å². The highest BCUT2D eigenvalue weighted by Crippen LogP contribution is 2.46. The third-order valence-electron chi connectivity index (χ3n) is 5.95. The van der Waals surface area contributed by atoms with E-state index in [0.29, 0.717) is 44.0 Å². The van der Waals surface area contributed by atoms with Crippen molar-refractivity contribution in [3.63, 3.8) is 0 Å². The lowest BCUT2D eigenvalue weighted by Crippen LogP contribution is -2.47. The van der Waals surface area contributed by atoms with E-state index in [1.54, 1.807) is 10.9 Å². The van der Waals surface area contributed by atoms with Gasteiger partial charge < -0.3 is 9.64 Å². The van der Waals surface area contributed by atoms with Gasteiger partial charge in [-0.25, -0.2) is 4.68 Å². The van der Waals surface area contributed by atoms with Gasteiger partial charge in [0.2, 0.25) is 0 Å². The van der Waals surface area contributed by atoms with Crippen molar-refractivity contribution >= 4 is 11.9 Å². The Balaban J connectivity index is 1.46. The van der Waals surface area contributed by atoms with Crippen LogP contribution in [0.25, 0.3) is 5.69 Å². The van der Waals surface area contributed by atoms with Gasteiger partial charge in [-0.1, -0.05) is 18.9 Å². The molecule has 0 spiro atoms. The monoisotopic (exact) mass is 381 g/mol. The Bertz CT molecular complexity index is 834. The van der Waals surface area contributed by atoms with Crippen LogP contribution in [-0.2, 0) is 9.53 Å². The van der Waals surface area contributed by atoms with Crippen LogP contribution in [0, 0.1) is 11.3 Å². The Kier molecular flexibility index (Phi) is 5.20. The lowest BCUT2D eigenvalue weighted by atomic mass is 9.74. The summed E-state index contributed by atoms with van der Waals surface area (Å²) in [5, 5.41) is 4.23. The number of hydrogen-bond donors (Lipinski definition) is 0. The third kappa shape index (κ3) is 3.81. The number of esters is 1. The summed E-state index contributed by atoms with van der Waals surface area (Å²) >= 11 is 0. The minimum atomic E-state index is -0.412. The fourth-order valence-electron chi connectivity index (χ4n) is 4.17. The van der Waals surface area contributed by atoms with E-state index in [1.165, 1.54) is 12.8 Å². The molecule has 0 unspecified atom stereocenters. The lowest BCUT2D eigenvalue weighted by Gasteiger charge is -2.40. The summed E-state index contributed by atoms with van der Waals surface area (Å²) in [6.07, 6.45) is 8.28. The first-order valence-corrected chi connectivity index (χ1v) is 10.2. The standard InChI is InChI=1S/C22H27N3O3/c1-2-28-21(27)22(16-17-7-8-17)9-13-24(14-10-22)20(26)18-5-3-6-19(15-18)25-12-4-11-23-25/h3-6,11-12,15,17H,2,7-10,13-14,16H2,1H3. The van der Waals surface area contributed by atoms with Gasteiger partial charge in [0.05, 0.1) is 17.7 Å². The number of likely N-dealkylation sites (tertiary alicyclic amines) is 1. The first-order chi connectivity index (χ1) is 13.6. The van der Waals surface area contributed by atoms with Gasteiger partial charge in [0, 0.05) is 31.0 Å². The second-order valence-electron chi connectivity index (χ2n) is 7.94. The first-order valence-electron chi connectivity index (χ1n) is 10.2. The summed E-state index contributed by atoms with van der Waals surface area (Å²) in [6, 6.07) is 9.37. The van der Waals surface area contributed by atoms with Crippen LogP contribution >= 0.6 is 0 Å². The van der Waals surface area contributed by atoms with Crippen LogP contribution in [0.3, 0.4) is 0 Å². The van der Waals surface area contributed by atoms with Crippen molar-refractivity contribution in [3.8, 4) is 5.69 Å². The normalized spacial score (nSPS) is 18.7. The molecule has 6 nitrogen and oxygen atoms in total. The first kappa shape index (κ1) is 18.7. The minimum absolute atomic E-state index is 0.0119. The summed E-state index contributed by atoms with van der Waals surface area (Å²) in [7, 11) is 0. The highest BCUT2D eigenvalue weighted by Gasteiger charge is 2.46. The SMILES string of the molecule is CCOC(=O)C1(CC2CC2)CCN(C(=O)c2cccc(-n3cccn3)c2)CC1. The number of amides is 1. The van der Waals surface area contributed by atoms with Crippen molar-refractivity contribution in [2.45, 2.75) is 39.0 Å². The van der Waals surface area contributed by atoms with Crippen molar-refractivity contribution in [1.29, 1.82) is 0 Å². The van der Waals surface area contributed by atoms with Gasteiger partial charge in [-0.2, -0.15) is 5.10 Å². The number of aromatic nitrogens is 2. The molecule has 2 aromatic rings. The molecule has 1 saturated carbocycles. The number of carbonyl (C=O) groups excluding carboxylic acids is 2. The molecule has 0 atom stereocenters. The molecule has 1 aromatic carbocycles. The third-order valence-corrected chi connectivity index (χ3v) is 5.95. The fourth-order valence-corrected chi connectivity index (χ4v) is 4.17. The molecule has 1 amide bonds. The molecule has 4 rings (SSSR count). The van der Waals surface area contributed by atoms with Gasteiger partial charge in [-0.3, -0.25) is 9.59 Å². The Morgan fingerprint density at radius 3 is 2.64 bits per heavy atom. The minimum Gasteiger partial charge on any atom is -0.466 e. The Hall–Kier alpha value is -2.63. The summed E-state index contributed by atoms with van der Waals surface area (Å²) < 4.78 is 7.14. The summed E-state index contributed by atoms with van der Waals surface area (Å²) in [5.74, 6) is 0.588. The average molecular weight is 381 g/mol. The zero-order chi connectivity index (χ0) is 19.6. The quantitative estimate of drug-likeness (QED) is 0.719. The van der Waals surface area contributed by atoms with Gasteiger partial charge in [0.25, 0.3) is 5.91 Å². The summed E-state index contributed by atoms with van der Waals surface area (Å²) in [5.41, 5.74) is 1.10. The van der Waals surface area contributed by atoms with E-state index in [9.17, 15) is 9.59 Å². The van der Waals surface area contributed by atoms with E-state index in [-0.39, 0.29) is 11.9 Å². The van der Waals surface area contributed by atoms with E-state index in [1.807, 2.05) is 48.4 Å². The smallest absolute Gasteiger partial charge is 0.312 e. The van der Waals surface area contributed by atoms with E-state index < -0.39 is 5.41 Å². The van der Waals surface area contributed by atoms with Crippen molar-refractivity contribution in [2.24, 2.45) is 11.3 Å². The van der Waals surface area contributed by atoms with Crippen LogP contribution in [0.4, 0.5) is 0 Å². The second-order valence-corrected chi connectivity index (χ2v) is 7.94. The molecule has 28 heavy (non-hydrogen) atoms. The highest BCUT2D eigenvalue weighted by molar-refractivity contribution is 5.95. The number of hydrogen-bond acceptors (Lipinski definition) is 4. The number of nitrogens with zero attached hydrogens (tertiary/aromatic N) is 3. The summed E-state index contributed by atoms with van der Waals surface area (Å²) in [6.45, 7) is 3.45. The molecule has 0 radical (unpaired) electrons. The molecular formula is C22H27N3O3. The molecule has 1 aliphatic heterocycles. The second kappa shape index (κ2) is 7.78. The van der Waals surface area contributed by atoms with Crippen molar-refractivity contribution in [1.82, 2.24) is 14.7 Å². The molecule has 1 saturated heterocycles. The highest BCUT2D eigenvalue weighted by atomic mass is 16.5. The van der Waals surface area contributed by atoms with E-state index in [0.717, 1.165) is 12.1 Å². The summed E-state index contributed by atoms with van der Waals surface area (Å²) in [4.78, 5) is 27.6. The Morgan fingerprint density at radius 2 is 2.00 bits per heavy atom. The Morgan fingerprint density at radius 1 is 1.21 bits per heavy atom. The lowest BCUT2D eigenvalue weighted by molar-refractivity contribution is -0.159. The van der Waals surface area contributed by atoms with Crippen LogP contribution in [0.2, 0.25) is 0 Å². The van der Waals surface area contributed by atoms with Gasteiger partial charge in [-0.05, 0) is 56.4 Å². The Labute approximate surface area is 165 Å². The number of rotatable bonds is 6. The molecule has 148 valence electrons. The van der Waals surface area contributed by atoms with E-state index in [4.69, 9.17) is 4.74 Å². The van der Waals surface area contributed by atoms with E-state index in [2.05, 4.69) is 5.10 Å². The van der Waals surface area contributed by atoms with Gasteiger partial charge in [0.15, 0.2) is 0 Å². The molecule has 1 aliphatic carbocycles. The fraction of sp³-hybridized carbons (Fsp3) is 0.500. The maximum atomic E-state index is 13.0. The molecule has 0 bridgehead atoms. The van der Waals surface area contributed by atoms with Crippen LogP contribution < -0.4 is 0 Å². The van der Waals surface area contributed by atoms with Crippen molar-refractivity contribution in [3.05, 3.63) is 48.3 Å². The number of piperidine rings is 1. The predicted molar refractivity (Wildman–Crippen MR) is 105 cm³/mol. The molecule has 1 aromatic heterocycles. The van der Waals surface area contributed by atoms with Gasteiger partial charge in [0.1, 0.15) is 0 Å². The molecule has 2 heterocycles. The zero-order valence-corrected chi connectivity index (χ0v) is 16.3. The van der Waals surface area contributed by atoms with Gasteiger partial charge in [-0.15, -0.1) is 0 Å². The van der Waals surface area contributed by atoms with Gasteiger partial charge >= 0.3 is 5.97 Å². The molecule has 0 N–H and O–H groups in total. The maximum Gasteiger partial charge on any atom is 0.312 e. The van der Waals surface area contributed by atoms with Crippen LogP contribution in [0.1, 0.15) is 49.4 Å². The van der Waals surface area contributed by atoms with Crippen molar-refractivity contribution < 1.29 is 14.3 Å². The number of benzene rings is 1. The maximum absolute atomic E-state index is 13.0. The van der Waals surface area contributed by atoms with Crippen LogP contribution in [-0.4, -0.2) is 46.3 Å². The van der Waals surface area contributed by atoms with Crippen molar-refractivity contribution in [2.75, 3.05) is 19.7 Å². The molecular weight excluding hydrogens is 354 g/mol. The van der Waals surface area contributed by atoms with Crippen LogP contribution in [0.5, 0.6) is 0 Å². The predicted octanol–water partition coefficient (Wildman–Crippen LogP) is 3.46. The topological polar surface area (TPSA) is 64.4 Å².